The van der Waals surface area contributed by atoms with E-state index in [2.05, 4.69) is 9.84 Å². The molecule has 1 heterocycles. The Kier molecular flexibility index (Phi) is 3.29. The van der Waals surface area contributed by atoms with E-state index in [0.717, 1.165) is 0 Å². The number of aryl methyl sites for hydroxylation is 1. The van der Waals surface area contributed by atoms with Crippen LogP contribution in [0.1, 0.15) is 16.1 Å². The predicted molar refractivity (Wildman–Crippen MR) is 53.8 cm³/mol. The smallest absolute Gasteiger partial charge is 0.341 e. The molecule has 7 heteroatoms. The summed E-state index contributed by atoms with van der Waals surface area (Å²) in [6.07, 6.45) is 1.43. The fourth-order valence-corrected chi connectivity index (χ4v) is 1.38. The van der Waals surface area contributed by atoms with Gasteiger partial charge in [0.05, 0.1) is 7.11 Å². The summed E-state index contributed by atoms with van der Waals surface area (Å²) in [6.45, 7) is 0. The quantitative estimate of drug-likeness (QED) is 0.571. The van der Waals surface area contributed by atoms with Gasteiger partial charge < -0.3 is 4.74 Å². The van der Waals surface area contributed by atoms with Crippen molar-refractivity contribution in [2.75, 3.05) is 7.11 Å². The maximum absolute atomic E-state index is 11.2. The third-order valence-corrected chi connectivity index (χ3v) is 2.04. The van der Waals surface area contributed by atoms with Crippen molar-refractivity contribution in [1.82, 2.24) is 9.78 Å². The molecule has 0 N–H and O–H groups in total. The molecule has 0 aliphatic heterocycles. The van der Waals surface area contributed by atoms with Crippen LogP contribution < -0.4 is 0 Å². The van der Waals surface area contributed by atoms with Crippen LogP contribution in [0.4, 0.5) is 0 Å². The summed E-state index contributed by atoms with van der Waals surface area (Å²) < 4.78 is 4.16. The normalized spacial score (nSPS) is 11.5. The molecule has 1 aromatic heterocycles. The van der Waals surface area contributed by atoms with Crippen LogP contribution in [-0.2, 0) is 15.6 Å². The number of alkyl halides is 3. The summed E-state index contributed by atoms with van der Waals surface area (Å²) in [7, 11) is 2.86. The molecule has 0 aromatic carbocycles. The summed E-state index contributed by atoms with van der Waals surface area (Å²) in [5, 5.41) is 3.87. The summed E-state index contributed by atoms with van der Waals surface area (Å²) >= 11 is 16.9. The highest BCUT2D eigenvalue weighted by molar-refractivity contribution is 6.66. The maximum Gasteiger partial charge on any atom is 0.341 e. The van der Waals surface area contributed by atoms with Gasteiger partial charge in [-0.05, 0) is 0 Å². The lowest BCUT2D eigenvalue weighted by Crippen LogP contribution is -2.10. The Morgan fingerprint density at radius 1 is 1.57 bits per heavy atom. The zero-order valence-electron chi connectivity index (χ0n) is 7.42. The number of rotatable bonds is 1. The molecule has 0 spiro atoms. The van der Waals surface area contributed by atoms with Crippen molar-refractivity contribution in [2.45, 2.75) is 3.79 Å². The Balaban J connectivity index is 3.23. The second kappa shape index (κ2) is 3.96. The lowest BCUT2D eigenvalue weighted by Gasteiger charge is -2.08. The zero-order valence-corrected chi connectivity index (χ0v) is 9.69. The van der Waals surface area contributed by atoms with Crippen LogP contribution in [0.15, 0.2) is 6.20 Å². The van der Waals surface area contributed by atoms with E-state index >= 15 is 0 Å². The summed E-state index contributed by atoms with van der Waals surface area (Å²) in [5.74, 6) is -0.584. The van der Waals surface area contributed by atoms with Crippen LogP contribution in [-0.4, -0.2) is 22.9 Å². The van der Waals surface area contributed by atoms with E-state index in [-0.39, 0.29) is 11.3 Å². The SMILES string of the molecule is COC(=O)c1cn(C)nc1C(Cl)(Cl)Cl. The first-order valence-electron chi connectivity index (χ1n) is 3.55. The number of hydrogen-bond donors (Lipinski definition) is 0. The topological polar surface area (TPSA) is 44.1 Å². The molecule has 0 radical (unpaired) electrons. The largest absolute Gasteiger partial charge is 0.465 e. The molecular weight excluding hydrogens is 250 g/mol. The Morgan fingerprint density at radius 3 is 2.57 bits per heavy atom. The molecule has 1 rings (SSSR count). The summed E-state index contributed by atoms with van der Waals surface area (Å²) in [4.78, 5) is 11.2. The van der Waals surface area contributed by atoms with Crippen LogP contribution in [0.3, 0.4) is 0 Å². The first-order valence-corrected chi connectivity index (χ1v) is 4.69. The van der Waals surface area contributed by atoms with Crippen molar-refractivity contribution in [2.24, 2.45) is 7.05 Å². The van der Waals surface area contributed by atoms with Crippen molar-refractivity contribution in [3.05, 3.63) is 17.5 Å². The van der Waals surface area contributed by atoms with E-state index in [1.165, 1.54) is 18.0 Å². The lowest BCUT2D eigenvalue weighted by atomic mass is 10.3. The third-order valence-electron chi connectivity index (χ3n) is 1.50. The molecule has 0 unspecified atom stereocenters. The number of aromatic nitrogens is 2. The fourth-order valence-electron chi connectivity index (χ4n) is 0.957. The minimum absolute atomic E-state index is 0.0665. The first kappa shape index (κ1) is 11.6. The van der Waals surface area contributed by atoms with E-state index in [0.29, 0.717) is 0 Å². The maximum atomic E-state index is 11.2. The summed E-state index contributed by atoms with van der Waals surface area (Å²) in [6, 6.07) is 0. The van der Waals surface area contributed by atoms with Crippen LogP contribution in [0, 0.1) is 0 Å². The highest BCUT2D eigenvalue weighted by atomic mass is 35.6. The van der Waals surface area contributed by atoms with Crippen molar-refractivity contribution < 1.29 is 9.53 Å². The Bertz CT molecular complexity index is 356. The number of nitrogens with zero attached hydrogens (tertiary/aromatic N) is 2. The van der Waals surface area contributed by atoms with Crippen molar-refractivity contribution in [1.29, 1.82) is 0 Å². The highest BCUT2D eigenvalue weighted by Gasteiger charge is 2.32. The molecule has 0 saturated carbocycles. The molecule has 0 aliphatic carbocycles. The molecule has 78 valence electrons. The number of methoxy groups -OCH3 is 1. The first-order chi connectivity index (χ1) is 6.36. The van der Waals surface area contributed by atoms with E-state index in [9.17, 15) is 4.79 Å². The summed E-state index contributed by atoms with van der Waals surface area (Å²) in [5.41, 5.74) is 0.215. The molecule has 0 aliphatic rings. The van der Waals surface area contributed by atoms with Gasteiger partial charge in [0.1, 0.15) is 11.3 Å². The van der Waals surface area contributed by atoms with Crippen LogP contribution in [0.25, 0.3) is 0 Å². The van der Waals surface area contributed by atoms with Gasteiger partial charge in [-0.2, -0.15) is 5.10 Å². The highest BCUT2D eigenvalue weighted by Crippen LogP contribution is 2.38. The molecule has 0 saturated heterocycles. The molecule has 14 heavy (non-hydrogen) atoms. The van der Waals surface area contributed by atoms with Gasteiger partial charge in [0.25, 0.3) is 0 Å². The minimum Gasteiger partial charge on any atom is -0.465 e. The monoisotopic (exact) mass is 256 g/mol. The van der Waals surface area contributed by atoms with Crippen molar-refractivity contribution in [3.8, 4) is 0 Å². The van der Waals surface area contributed by atoms with Gasteiger partial charge in [0.2, 0.25) is 3.79 Å². The predicted octanol–water partition coefficient (Wildman–Crippen LogP) is 2.03. The number of hydrogen-bond acceptors (Lipinski definition) is 3. The van der Waals surface area contributed by atoms with Crippen LogP contribution >= 0.6 is 34.8 Å². The van der Waals surface area contributed by atoms with Crippen molar-refractivity contribution >= 4 is 40.8 Å². The van der Waals surface area contributed by atoms with Gasteiger partial charge in [-0.25, -0.2) is 4.79 Å². The number of esters is 1. The van der Waals surface area contributed by atoms with Gasteiger partial charge in [0, 0.05) is 13.2 Å². The molecule has 4 nitrogen and oxygen atoms in total. The molecule has 0 amide bonds. The van der Waals surface area contributed by atoms with Crippen LogP contribution in [0.2, 0.25) is 0 Å². The molecular formula is C7H7Cl3N2O2. The van der Waals surface area contributed by atoms with E-state index < -0.39 is 9.76 Å². The molecule has 0 bridgehead atoms. The van der Waals surface area contributed by atoms with Gasteiger partial charge in [-0.3, -0.25) is 4.68 Å². The van der Waals surface area contributed by atoms with Gasteiger partial charge in [-0.15, -0.1) is 0 Å². The van der Waals surface area contributed by atoms with Crippen LogP contribution in [0.5, 0.6) is 0 Å². The second-order valence-corrected chi connectivity index (χ2v) is 4.84. The Labute approximate surface area is 95.7 Å². The van der Waals surface area contributed by atoms with E-state index in [4.69, 9.17) is 34.8 Å². The van der Waals surface area contributed by atoms with E-state index in [1.807, 2.05) is 0 Å². The Hall–Kier alpha value is -0.450. The number of carbonyl (C=O) groups excluding carboxylic acids is 1. The number of carbonyl (C=O) groups is 1. The zero-order chi connectivity index (χ0) is 10.9. The second-order valence-electron chi connectivity index (χ2n) is 2.55. The molecule has 1 aromatic rings. The Morgan fingerprint density at radius 2 is 2.14 bits per heavy atom. The number of ether oxygens (including phenoxy) is 1. The standard InChI is InChI=1S/C7H7Cl3N2O2/c1-12-3-4(6(13)14-2)5(11-12)7(8,9)10/h3H,1-2H3. The fraction of sp³-hybridized carbons (Fsp3) is 0.429. The average molecular weight is 258 g/mol. The molecule has 0 fully saturated rings. The van der Waals surface area contributed by atoms with Gasteiger partial charge in [-0.1, -0.05) is 34.8 Å². The van der Waals surface area contributed by atoms with Gasteiger partial charge >= 0.3 is 5.97 Å². The van der Waals surface area contributed by atoms with Gasteiger partial charge in [0.15, 0.2) is 0 Å². The minimum atomic E-state index is -1.73. The molecule has 0 atom stereocenters. The number of halogens is 3. The van der Waals surface area contributed by atoms with E-state index in [1.54, 1.807) is 7.05 Å². The van der Waals surface area contributed by atoms with Crippen molar-refractivity contribution in [3.63, 3.8) is 0 Å². The third kappa shape index (κ3) is 2.32. The lowest BCUT2D eigenvalue weighted by molar-refractivity contribution is 0.0599. The average Bonchev–Trinajstić information content (AvgIpc) is 2.45.